The summed E-state index contributed by atoms with van der Waals surface area (Å²) in [5, 5.41) is -0.142. The summed E-state index contributed by atoms with van der Waals surface area (Å²) >= 11 is 0. The molecule has 4 nitrogen and oxygen atoms in total. The Morgan fingerprint density at radius 3 is 2.71 bits per heavy atom. The SMILES string of the molecule is NCc1cc(CS(=O)(=O)C2CCCC2)ccn1. The van der Waals surface area contributed by atoms with Crippen LogP contribution in [0.2, 0.25) is 0 Å². The maximum Gasteiger partial charge on any atom is 0.157 e. The lowest BCUT2D eigenvalue weighted by molar-refractivity contribution is 0.579. The van der Waals surface area contributed by atoms with Gasteiger partial charge >= 0.3 is 0 Å². The van der Waals surface area contributed by atoms with Crippen molar-refractivity contribution in [1.82, 2.24) is 4.98 Å². The summed E-state index contributed by atoms with van der Waals surface area (Å²) in [7, 11) is -3.01. The second kappa shape index (κ2) is 5.14. The summed E-state index contributed by atoms with van der Waals surface area (Å²) in [4.78, 5) is 4.07. The lowest BCUT2D eigenvalue weighted by atomic mass is 10.2. The van der Waals surface area contributed by atoms with Crippen LogP contribution in [0.15, 0.2) is 18.3 Å². The Morgan fingerprint density at radius 2 is 2.06 bits per heavy atom. The molecule has 1 saturated carbocycles. The van der Waals surface area contributed by atoms with Gasteiger partial charge < -0.3 is 5.73 Å². The molecule has 1 aromatic heterocycles. The van der Waals surface area contributed by atoms with Gasteiger partial charge in [0.1, 0.15) is 0 Å². The van der Waals surface area contributed by atoms with Crippen molar-refractivity contribution in [1.29, 1.82) is 0 Å². The van der Waals surface area contributed by atoms with Gasteiger partial charge in [-0.25, -0.2) is 8.42 Å². The second-order valence-electron chi connectivity index (χ2n) is 4.57. The normalized spacial score (nSPS) is 17.5. The molecule has 0 aliphatic heterocycles. The molecule has 2 N–H and O–H groups in total. The lowest BCUT2D eigenvalue weighted by Crippen LogP contribution is -2.19. The number of rotatable bonds is 4. The lowest BCUT2D eigenvalue weighted by Gasteiger charge is -2.11. The summed E-state index contributed by atoms with van der Waals surface area (Å²) in [6.45, 7) is 0.345. The molecule has 1 heterocycles. The van der Waals surface area contributed by atoms with E-state index in [1.54, 1.807) is 18.3 Å². The molecular formula is C12H18N2O2S. The molecule has 0 radical (unpaired) electrons. The van der Waals surface area contributed by atoms with Crippen LogP contribution in [0.5, 0.6) is 0 Å². The van der Waals surface area contributed by atoms with Gasteiger partial charge in [0.15, 0.2) is 9.84 Å². The van der Waals surface area contributed by atoms with E-state index in [0.717, 1.165) is 36.9 Å². The molecule has 17 heavy (non-hydrogen) atoms. The van der Waals surface area contributed by atoms with Crippen molar-refractivity contribution in [2.75, 3.05) is 0 Å². The Labute approximate surface area is 102 Å². The van der Waals surface area contributed by atoms with Gasteiger partial charge in [0.25, 0.3) is 0 Å². The number of hydrogen-bond acceptors (Lipinski definition) is 4. The Bertz CT molecular complexity index is 479. The third-order valence-corrected chi connectivity index (χ3v) is 5.49. The van der Waals surface area contributed by atoms with Crippen LogP contribution >= 0.6 is 0 Å². The van der Waals surface area contributed by atoms with Crippen LogP contribution in [-0.4, -0.2) is 18.7 Å². The summed E-state index contributed by atoms with van der Waals surface area (Å²) in [6.07, 6.45) is 5.33. The van der Waals surface area contributed by atoms with E-state index in [4.69, 9.17) is 5.73 Å². The number of hydrogen-bond donors (Lipinski definition) is 1. The predicted octanol–water partition coefficient (Wildman–Crippen LogP) is 1.40. The highest BCUT2D eigenvalue weighted by molar-refractivity contribution is 7.91. The number of nitrogens with two attached hydrogens (primary N) is 1. The maximum atomic E-state index is 12.2. The molecule has 0 spiro atoms. The fraction of sp³-hybridized carbons (Fsp3) is 0.583. The van der Waals surface area contributed by atoms with Gasteiger partial charge in [-0.2, -0.15) is 0 Å². The summed E-state index contributed by atoms with van der Waals surface area (Å²) in [6, 6.07) is 3.54. The van der Waals surface area contributed by atoms with Crippen molar-refractivity contribution in [3.8, 4) is 0 Å². The molecule has 2 rings (SSSR count). The van der Waals surface area contributed by atoms with Gasteiger partial charge in [-0.15, -0.1) is 0 Å². The molecule has 0 saturated heterocycles. The molecule has 0 bridgehead atoms. The molecular weight excluding hydrogens is 236 g/mol. The molecule has 1 fully saturated rings. The van der Waals surface area contributed by atoms with E-state index < -0.39 is 9.84 Å². The standard InChI is InChI=1S/C12H18N2O2S/c13-8-11-7-10(5-6-14-11)9-17(15,16)12-3-1-2-4-12/h5-7,12H,1-4,8-9,13H2. The molecule has 1 aliphatic carbocycles. The Hall–Kier alpha value is -0.940. The average Bonchev–Trinajstić information content (AvgIpc) is 2.83. The molecule has 0 amide bonds. The first-order valence-electron chi connectivity index (χ1n) is 5.97. The number of nitrogens with zero attached hydrogens (tertiary/aromatic N) is 1. The number of aromatic nitrogens is 1. The molecule has 0 atom stereocenters. The predicted molar refractivity (Wildman–Crippen MR) is 67.0 cm³/mol. The minimum absolute atomic E-state index is 0.118. The first-order chi connectivity index (χ1) is 8.12. The highest BCUT2D eigenvalue weighted by Gasteiger charge is 2.28. The highest BCUT2D eigenvalue weighted by atomic mass is 32.2. The van der Waals surface area contributed by atoms with Crippen LogP contribution in [-0.2, 0) is 22.1 Å². The first kappa shape index (κ1) is 12.5. The summed E-state index contributed by atoms with van der Waals surface area (Å²) in [5.41, 5.74) is 7.03. The van der Waals surface area contributed by atoms with Gasteiger partial charge in [-0.05, 0) is 30.5 Å². The van der Waals surface area contributed by atoms with Gasteiger partial charge in [0, 0.05) is 12.7 Å². The maximum absolute atomic E-state index is 12.2. The van der Waals surface area contributed by atoms with E-state index in [-0.39, 0.29) is 11.0 Å². The van der Waals surface area contributed by atoms with Crippen molar-refractivity contribution in [3.63, 3.8) is 0 Å². The van der Waals surface area contributed by atoms with E-state index in [1.165, 1.54) is 0 Å². The largest absolute Gasteiger partial charge is 0.325 e. The van der Waals surface area contributed by atoms with Crippen LogP contribution < -0.4 is 5.73 Å². The van der Waals surface area contributed by atoms with Crippen LogP contribution in [0.1, 0.15) is 36.9 Å². The fourth-order valence-electron chi connectivity index (χ4n) is 2.33. The zero-order chi connectivity index (χ0) is 12.3. The van der Waals surface area contributed by atoms with Crippen LogP contribution in [0, 0.1) is 0 Å². The van der Waals surface area contributed by atoms with E-state index in [9.17, 15) is 8.42 Å². The van der Waals surface area contributed by atoms with Crippen LogP contribution in [0.25, 0.3) is 0 Å². The Kier molecular flexibility index (Phi) is 3.79. The average molecular weight is 254 g/mol. The Balaban J connectivity index is 2.13. The first-order valence-corrected chi connectivity index (χ1v) is 7.69. The molecule has 0 aromatic carbocycles. The van der Waals surface area contributed by atoms with E-state index in [0.29, 0.717) is 6.54 Å². The van der Waals surface area contributed by atoms with Gasteiger partial charge in [-0.3, -0.25) is 4.98 Å². The quantitative estimate of drug-likeness (QED) is 0.881. The van der Waals surface area contributed by atoms with Crippen molar-refractivity contribution in [2.45, 2.75) is 43.2 Å². The zero-order valence-corrected chi connectivity index (χ0v) is 10.6. The monoisotopic (exact) mass is 254 g/mol. The third kappa shape index (κ3) is 3.04. The Morgan fingerprint density at radius 1 is 1.35 bits per heavy atom. The minimum Gasteiger partial charge on any atom is -0.325 e. The van der Waals surface area contributed by atoms with Crippen molar-refractivity contribution in [2.24, 2.45) is 5.73 Å². The molecule has 94 valence electrons. The molecule has 1 aromatic rings. The van der Waals surface area contributed by atoms with E-state index >= 15 is 0 Å². The van der Waals surface area contributed by atoms with Crippen molar-refractivity contribution < 1.29 is 8.42 Å². The molecule has 0 unspecified atom stereocenters. The van der Waals surface area contributed by atoms with Crippen LogP contribution in [0.3, 0.4) is 0 Å². The summed E-state index contributed by atoms with van der Waals surface area (Å²) in [5.74, 6) is 0.118. The third-order valence-electron chi connectivity index (χ3n) is 3.27. The fourth-order valence-corrected chi connectivity index (χ4v) is 4.26. The smallest absolute Gasteiger partial charge is 0.157 e. The van der Waals surface area contributed by atoms with E-state index in [1.807, 2.05) is 0 Å². The molecule has 5 heteroatoms. The number of pyridine rings is 1. The summed E-state index contributed by atoms with van der Waals surface area (Å²) < 4.78 is 24.3. The second-order valence-corrected chi connectivity index (χ2v) is 6.85. The van der Waals surface area contributed by atoms with Crippen molar-refractivity contribution >= 4 is 9.84 Å². The highest BCUT2D eigenvalue weighted by Crippen LogP contribution is 2.27. The van der Waals surface area contributed by atoms with Gasteiger partial charge in [0.2, 0.25) is 0 Å². The van der Waals surface area contributed by atoms with Gasteiger partial charge in [0.05, 0.1) is 16.7 Å². The van der Waals surface area contributed by atoms with Crippen LogP contribution in [0.4, 0.5) is 0 Å². The van der Waals surface area contributed by atoms with Gasteiger partial charge in [-0.1, -0.05) is 12.8 Å². The zero-order valence-electron chi connectivity index (χ0n) is 9.80. The minimum atomic E-state index is -3.01. The van der Waals surface area contributed by atoms with E-state index in [2.05, 4.69) is 4.98 Å². The topological polar surface area (TPSA) is 73.1 Å². The molecule has 1 aliphatic rings. The number of sulfone groups is 1. The van der Waals surface area contributed by atoms with Crippen molar-refractivity contribution in [3.05, 3.63) is 29.6 Å².